The summed E-state index contributed by atoms with van der Waals surface area (Å²) in [5.74, 6) is 0.0859. The molecule has 0 aliphatic carbocycles. The van der Waals surface area contributed by atoms with Crippen molar-refractivity contribution >= 4 is 23.4 Å². The fourth-order valence-electron chi connectivity index (χ4n) is 2.66. The van der Waals surface area contributed by atoms with E-state index in [2.05, 4.69) is 0 Å². The van der Waals surface area contributed by atoms with E-state index in [0.717, 1.165) is 5.56 Å². The van der Waals surface area contributed by atoms with Gasteiger partial charge in [0.1, 0.15) is 6.61 Å². The first-order valence-corrected chi connectivity index (χ1v) is 8.84. The molecule has 0 atom stereocenters. The van der Waals surface area contributed by atoms with Crippen LogP contribution in [0, 0.1) is 0 Å². The maximum atomic E-state index is 12.3. The number of hydrogen-bond acceptors (Lipinski definition) is 4. The van der Waals surface area contributed by atoms with E-state index in [1.807, 2.05) is 29.2 Å². The van der Waals surface area contributed by atoms with Crippen molar-refractivity contribution in [3.05, 3.63) is 34.9 Å². The van der Waals surface area contributed by atoms with Crippen LogP contribution >= 0.6 is 11.6 Å². The topological polar surface area (TPSA) is 59.1 Å². The van der Waals surface area contributed by atoms with Crippen molar-refractivity contribution in [2.45, 2.75) is 12.8 Å². The Morgan fingerprint density at radius 1 is 1.00 bits per heavy atom. The Bertz CT molecular complexity index is 557. The maximum absolute atomic E-state index is 12.3. The molecule has 7 heteroatoms. The second kappa shape index (κ2) is 10.4. The molecule has 0 unspecified atom stereocenters. The Kier molecular flexibility index (Phi) is 8.18. The molecule has 0 spiro atoms. The van der Waals surface area contributed by atoms with Crippen molar-refractivity contribution in [1.29, 1.82) is 0 Å². The zero-order valence-electron chi connectivity index (χ0n) is 14.6. The first kappa shape index (κ1) is 19.7. The van der Waals surface area contributed by atoms with Gasteiger partial charge in [-0.2, -0.15) is 0 Å². The lowest BCUT2D eigenvalue weighted by Gasteiger charge is -2.34. The van der Waals surface area contributed by atoms with Crippen LogP contribution in [0.3, 0.4) is 0 Å². The van der Waals surface area contributed by atoms with E-state index < -0.39 is 0 Å². The van der Waals surface area contributed by atoms with Crippen LogP contribution in [0.25, 0.3) is 0 Å². The molecule has 0 saturated carbocycles. The summed E-state index contributed by atoms with van der Waals surface area (Å²) in [6.45, 7) is 3.20. The van der Waals surface area contributed by atoms with Gasteiger partial charge in [-0.1, -0.05) is 23.7 Å². The molecule has 6 nitrogen and oxygen atoms in total. The van der Waals surface area contributed by atoms with Crippen LogP contribution in [0.4, 0.5) is 0 Å². The lowest BCUT2D eigenvalue weighted by atomic mass is 10.1. The van der Waals surface area contributed by atoms with Gasteiger partial charge in [0, 0.05) is 44.7 Å². The number of nitrogens with zero attached hydrogens (tertiary/aromatic N) is 2. The lowest BCUT2D eigenvalue weighted by molar-refractivity contribution is -0.142. The fraction of sp³-hybridized carbons (Fsp3) is 0.556. The van der Waals surface area contributed by atoms with Crippen molar-refractivity contribution in [3.8, 4) is 0 Å². The van der Waals surface area contributed by atoms with E-state index >= 15 is 0 Å². The van der Waals surface area contributed by atoms with Crippen LogP contribution in [-0.2, 0) is 25.5 Å². The van der Waals surface area contributed by atoms with E-state index in [9.17, 15) is 9.59 Å². The number of hydrogen-bond donors (Lipinski definition) is 0. The molecule has 2 amide bonds. The van der Waals surface area contributed by atoms with Gasteiger partial charge in [0.15, 0.2) is 0 Å². The fourth-order valence-corrected chi connectivity index (χ4v) is 2.78. The maximum Gasteiger partial charge on any atom is 0.248 e. The highest BCUT2D eigenvalue weighted by atomic mass is 35.5. The van der Waals surface area contributed by atoms with Crippen LogP contribution in [0.1, 0.15) is 12.0 Å². The smallest absolute Gasteiger partial charge is 0.248 e. The molecule has 25 heavy (non-hydrogen) atoms. The number of halogens is 1. The first-order chi connectivity index (χ1) is 12.1. The Morgan fingerprint density at radius 2 is 1.60 bits per heavy atom. The van der Waals surface area contributed by atoms with Crippen LogP contribution in [0.15, 0.2) is 24.3 Å². The van der Waals surface area contributed by atoms with Gasteiger partial charge in [-0.25, -0.2) is 0 Å². The molecule has 0 aromatic heterocycles. The van der Waals surface area contributed by atoms with Gasteiger partial charge in [-0.05, 0) is 24.1 Å². The molecular weight excluding hydrogens is 344 g/mol. The van der Waals surface area contributed by atoms with Gasteiger partial charge in [-0.3, -0.25) is 9.59 Å². The van der Waals surface area contributed by atoms with E-state index in [-0.39, 0.29) is 18.4 Å². The third kappa shape index (κ3) is 6.65. The molecule has 1 aromatic carbocycles. The normalized spacial score (nSPS) is 14.6. The summed E-state index contributed by atoms with van der Waals surface area (Å²) < 4.78 is 10.1. The zero-order valence-corrected chi connectivity index (χ0v) is 15.3. The van der Waals surface area contributed by atoms with Crippen molar-refractivity contribution in [1.82, 2.24) is 9.80 Å². The Morgan fingerprint density at radius 3 is 2.20 bits per heavy atom. The molecule has 1 aliphatic rings. The standard InChI is InChI=1S/C18H25ClN2O4/c1-24-12-13-25-14-18(23)21-10-8-20(9-11-21)17(22)7-4-15-2-5-16(19)6-3-15/h2-3,5-6H,4,7-14H2,1H3. The molecule has 1 saturated heterocycles. The lowest BCUT2D eigenvalue weighted by Crippen LogP contribution is -2.51. The first-order valence-electron chi connectivity index (χ1n) is 8.47. The zero-order chi connectivity index (χ0) is 18.1. The minimum absolute atomic E-state index is 0.0376. The van der Waals surface area contributed by atoms with Gasteiger partial charge < -0.3 is 19.3 Å². The van der Waals surface area contributed by atoms with Crippen LogP contribution in [0.2, 0.25) is 5.02 Å². The Balaban J connectivity index is 1.67. The molecule has 0 N–H and O–H groups in total. The predicted octanol–water partition coefficient (Wildman–Crippen LogP) is 1.61. The highest BCUT2D eigenvalue weighted by Crippen LogP contribution is 2.12. The number of aryl methyl sites for hydroxylation is 1. The monoisotopic (exact) mass is 368 g/mol. The summed E-state index contributed by atoms with van der Waals surface area (Å²) in [5.41, 5.74) is 1.10. The summed E-state index contributed by atoms with van der Waals surface area (Å²) in [6, 6.07) is 7.55. The third-order valence-electron chi connectivity index (χ3n) is 4.18. The summed E-state index contributed by atoms with van der Waals surface area (Å²) >= 11 is 5.86. The van der Waals surface area contributed by atoms with Gasteiger partial charge in [0.25, 0.3) is 0 Å². The average molecular weight is 369 g/mol. The number of rotatable bonds is 8. The number of methoxy groups -OCH3 is 1. The third-order valence-corrected chi connectivity index (χ3v) is 4.44. The van der Waals surface area contributed by atoms with Gasteiger partial charge in [0.05, 0.1) is 13.2 Å². The number of ether oxygens (including phenoxy) is 2. The molecule has 1 heterocycles. The molecule has 0 radical (unpaired) electrons. The Hall–Kier alpha value is -1.63. The number of amides is 2. The average Bonchev–Trinajstić information content (AvgIpc) is 2.64. The Labute approximate surface area is 153 Å². The highest BCUT2D eigenvalue weighted by Gasteiger charge is 2.23. The molecular formula is C18H25ClN2O4. The van der Waals surface area contributed by atoms with Gasteiger partial charge in [0.2, 0.25) is 11.8 Å². The molecule has 1 aliphatic heterocycles. The van der Waals surface area contributed by atoms with Crippen LogP contribution in [0.5, 0.6) is 0 Å². The van der Waals surface area contributed by atoms with E-state index in [4.69, 9.17) is 21.1 Å². The molecule has 1 aromatic rings. The van der Waals surface area contributed by atoms with Crippen molar-refractivity contribution in [3.63, 3.8) is 0 Å². The SMILES string of the molecule is COCCOCC(=O)N1CCN(C(=O)CCc2ccc(Cl)cc2)CC1. The number of benzene rings is 1. The quantitative estimate of drug-likeness (QED) is 0.654. The highest BCUT2D eigenvalue weighted by molar-refractivity contribution is 6.30. The minimum Gasteiger partial charge on any atom is -0.382 e. The number of carbonyl (C=O) groups excluding carboxylic acids is 2. The van der Waals surface area contributed by atoms with E-state index in [1.165, 1.54) is 0 Å². The van der Waals surface area contributed by atoms with Crippen molar-refractivity contribution in [2.24, 2.45) is 0 Å². The minimum atomic E-state index is -0.0376. The largest absolute Gasteiger partial charge is 0.382 e. The van der Waals surface area contributed by atoms with Crippen LogP contribution < -0.4 is 0 Å². The molecule has 2 rings (SSSR count). The number of piperazine rings is 1. The van der Waals surface area contributed by atoms with Gasteiger partial charge in [-0.15, -0.1) is 0 Å². The summed E-state index contributed by atoms with van der Waals surface area (Å²) in [4.78, 5) is 27.9. The summed E-state index contributed by atoms with van der Waals surface area (Å²) in [5, 5.41) is 0.696. The molecule has 1 fully saturated rings. The predicted molar refractivity (Wildman–Crippen MR) is 95.6 cm³/mol. The second-order valence-corrected chi connectivity index (χ2v) is 6.37. The van der Waals surface area contributed by atoms with Gasteiger partial charge >= 0.3 is 0 Å². The summed E-state index contributed by atoms with van der Waals surface area (Å²) in [7, 11) is 1.59. The van der Waals surface area contributed by atoms with E-state index in [1.54, 1.807) is 12.0 Å². The summed E-state index contributed by atoms with van der Waals surface area (Å²) in [6.07, 6.45) is 1.16. The number of carbonyl (C=O) groups is 2. The second-order valence-electron chi connectivity index (χ2n) is 5.93. The molecule has 0 bridgehead atoms. The van der Waals surface area contributed by atoms with Crippen molar-refractivity contribution in [2.75, 3.05) is 53.1 Å². The molecule has 138 valence electrons. The van der Waals surface area contributed by atoms with Crippen molar-refractivity contribution < 1.29 is 19.1 Å². The van der Waals surface area contributed by atoms with E-state index in [0.29, 0.717) is 57.3 Å². The van der Waals surface area contributed by atoms with Crippen LogP contribution in [-0.4, -0.2) is 74.7 Å².